The first kappa shape index (κ1) is 9.57. The second-order valence-electron chi connectivity index (χ2n) is 6.00. The van der Waals surface area contributed by atoms with Gasteiger partial charge in [0.2, 0.25) is 0 Å². The highest BCUT2D eigenvalue weighted by atomic mass is 16.5. The number of hydrogen-bond donors (Lipinski definition) is 0. The Labute approximate surface area is 107 Å². The summed E-state index contributed by atoms with van der Waals surface area (Å²) in [6.07, 6.45) is 9.63. The third kappa shape index (κ3) is 1.03. The molecule has 0 amide bonds. The number of benzene rings is 1. The zero-order valence-corrected chi connectivity index (χ0v) is 10.3. The van der Waals surface area contributed by atoms with Gasteiger partial charge in [-0.05, 0) is 41.5 Å². The number of fused-ring (bicyclic) bond motifs is 9. The molecule has 1 aromatic rings. The molecule has 0 unspecified atom stereocenters. The lowest BCUT2D eigenvalue weighted by Gasteiger charge is -2.29. The lowest BCUT2D eigenvalue weighted by molar-refractivity contribution is 0.0602. The maximum Gasteiger partial charge on any atom is 0.0906 e. The third-order valence-electron chi connectivity index (χ3n) is 5.14. The van der Waals surface area contributed by atoms with E-state index in [2.05, 4.69) is 36.4 Å². The SMILES string of the molecule is C1=C2CCCC2=C[C@H]2[C@@H]1[C@H]1O[C@@H]2c2ccccc21. The molecule has 0 radical (unpaired) electrons. The highest BCUT2D eigenvalue weighted by Crippen LogP contribution is 2.60. The van der Waals surface area contributed by atoms with Crippen LogP contribution in [-0.4, -0.2) is 0 Å². The fourth-order valence-electron chi connectivity index (χ4n) is 4.37. The van der Waals surface area contributed by atoms with Gasteiger partial charge in [-0.3, -0.25) is 0 Å². The number of hydrogen-bond acceptors (Lipinski definition) is 1. The lowest BCUT2D eigenvalue weighted by Crippen LogP contribution is -2.21. The molecule has 1 saturated carbocycles. The summed E-state index contributed by atoms with van der Waals surface area (Å²) in [5.41, 5.74) is 6.11. The molecule has 2 fully saturated rings. The molecule has 4 atom stereocenters. The highest BCUT2D eigenvalue weighted by molar-refractivity contribution is 5.47. The van der Waals surface area contributed by atoms with E-state index < -0.39 is 0 Å². The zero-order chi connectivity index (χ0) is 11.7. The summed E-state index contributed by atoms with van der Waals surface area (Å²) >= 11 is 0. The Bertz CT molecular complexity index is 544. The van der Waals surface area contributed by atoms with Crippen LogP contribution in [-0.2, 0) is 4.74 Å². The van der Waals surface area contributed by atoms with Crippen molar-refractivity contribution in [2.24, 2.45) is 11.8 Å². The summed E-state index contributed by atoms with van der Waals surface area (Å²) in [5.74, 6) is 1.20. The van der Waals surface area contributed by atoms with Crippen LogP contribution in [0, 0.1) is 11.8 Å². The first-order valence-electron chi connectivity index (χ1n) is 7.08. The normalized spacial score (nSPS) is 38.9. The van der Waals surface area contributed by atoms with Crippen molar-refractivity contribution in [2.45, 2.75) is 31.5 Å². The van der Waals surface area contributed by atoms with Crippen LogP contribution >= 0.6 is 0 Å². The molecule has 0 spiro atoms. The van der Waals surface area contributed by atoms with Gasteiger partial charge in [-0.2, -0.15) is 0 Å². The van der Waals surface area contributed by atoms with E-state index in [4.69, 9.17) is 4.74 Å². The maximum absolute atomic E-state index is 6.27. The van der Waals surface area contributed by atoms with Gasteiger partial charge in [0.05, 0.1) is 12.2 Å². The van der Waals surface area contributed by atoms with Crippen molar-refractivity contribution in [3.8, 4) is 0 Å². The van der Waals surface area contributed by atoms with E-state index in [0.29, 0.717) is 24.0 Å². The summed E-state index contributed by atoms with van der Waals surface area (Å²) in [7, 11) is 0. The molecule has 18 heavy (non-hydrogen) atoms. The fourth-order valence-corrected chi connectivity index (χ4v) is 4.37. The van der Waals surface area contributed by atoms with Gasteiger partial charge in [-0.25, -0.2) is 0 Å². The largest absolute Gasteiger partial charge is 0.364 e. The Morgan fingerprint density at radius 1 is 0.833 bits per heavy atom. The lowest BCUT2D eigenvalue weighted by atomic mass is 9.72. The maximum atomic E-state index is 6.27. The summed E-state index contributed by atoms with van der Waals surface area (Å²) in [5, 5.41) is 0. The van der Waals surface area contributed by atoms with E-state index in [1.807, 2.05) is 0 Å². The second-order valence-corrected chi connectivity index (χ2v) is 6.00. The van der Waals surface area contributed by atoms with E-state index in [0.717, 1.165) is 0 Å². The third-order valence-corrected chi connectivity index (χ3v) is 5.14. The Morgan fingerprint density at radius 2 is 1.39 bits per heavy atom. The van der Waals surface area contributed by atoms with Crippen LogP contribution in [0.2, 0.25) is 0 Å². The Morgan fingerprint density at radius 3 is 1.94 bits per heavy atom. The van der Waals surface area contributed by atoms with Crippen molar-refractivity contribution in [2.75, 3.05) is 0 Å². The van der Waals surface area contributed by atoms with Gasteiger partial charge in [0.15, 0.2) is 0 Å². The van der Waals surface area contributed by atoms with Crippen LogP contribution in [0.4, 0.5) is 0 Å². The molecule has 0 aromatic heterocycles. The Kier molecular flexibility index (Phi) is 1.68. The van der Waals surface area contributed by atoms with Gasteiger partial charge >= 0.3 is 0 Å². The van der Waals surface area contributed by atoms with Crippen molar-refractivity contribution >= 4 is 0 Å². The Hall–Kier alpha value is -1.34. The summed E-state index contributed by atoms with van der Waals surface area (Å²) in [6, 6.07) is 8.79. The van der Waals surface area contributed by atoms with Crippen LogP contribution in [0.1, 0.15) is 42.6 Å². The molecule has 1 heteroatoms. The molecule has 1 nitrogen and oxygen atoms in total. The molecule has 0 N–H and O–H groups in total. The van der Waals surface area contributed by atoms with Crippen molar-refractivity contribution in [3.05, 3.63) is 58.7 Å². The molecule has 2 heterocycles. The average molecular weight is 236 g/mol. The molecule has 5 rings (SSSR count). The average Bonchev–Trinajstić information content (AvgIpc) is 3.09. The number of rotatable bonds is 0. The van der Waals surface area contributed by atoms with Crippen LogP contribution in [0.25, 0.3) is 0 Å². The molecule has 1 aromatic carbocycles. The van der Waals surface area contributed by atoms with Crippen LogP contribution < -0.4 is 0 Å². The first-order chi connectivity index (χ1) is 8.92. The minimum absolute atomic E-state index is 0.321. The molecule has 2 aliphatic heterocycles. The predicted octanol–water partition coefficient (Wildman–Crippen LogP) is 4.10. The van der Waals surface area contributed by atoms with Gasteiger partial charge in [-0.1, -0.05) is 36.4 Å². The summed E-state index contributed by atoms with van der Waals surface area (Å²) < 4.78 is 6.27. The topological polar surface area (TPSA) is 9.23 Å². The van der Waals surface area contributed by atoms with E-state index in [1.165, 1.54) is 30.4 Å². The molecular weight excluding hydrogens is 220 g/mol. The first-order valence-corrected chi connectivity index (χ1v) is 7.08. The molecular formula is C17H16O. The summed E-state index contributed by atoms with van der Waals surface area (Å²) in [4.78, 5) is 0. The molecule has 1 saturated heterocycles. The second kappa shape index (κ2) is 3.16. The van der Waals surface area contributed by atoms with E-state index >= 15 is 0 Å². The molecule has 4 aliphatic rings. The molecule has 2 aliphatic carbocycles. The molecule has 90 valence electrons. The van der Waals surface area contributed by atoms with Gasteiger partial charge in [0.1, 0.15) is 0 Å². The minimum Gasteiger partial charge on any atom is -0.364 e. The van der Waals surface area contributed by atoms with Crippen molar-refractivity contribution < 1.29 is 4.74 Å². The van der Waals surface area contributed by atoms with Crippen LogP contribution in [0.5, 0.6) is 0 Å². The predicted molar refractivity (Wildman–Crippen MR) is 70.0 cm³/mol. The number of allylic oxidation sites excluding steroid dienone is 2. The molecule has 2 bridgehead atoms. The van der Waals surface area contributed by atoms with Gasteiger partial charge < -0.3 is 4.74 Å². The Balaban J connectivity index is 1.67. The van der Waals surface area contributed by atoms with Crippen molar-refractivity contribution in [1.29, 1.82) is 0 Å². The zero-order valence-electron chi connectivity index (χ0n) is 10.3. The minimum atomic E-state index is 0.321. The van der Waals surface area contributed by atoms with E-state index in [1.54, 1.807) is 11.1 Å². The number of ether oxygens (including phenoxy) is 1. The van der Waals surface area contributed by atoms with E-state index in [-0.39, 0.29) is 0 Å². The highest BCUT2D eigenvalue weighted by Gasteiger charge is 2.51. The van der Waals surface area contributed by atoms with Gasteiger partial charge in [0, 0.05) is 11.8 Å². The van der Waals surface area contributed by atoms with Crippen LogP contribution in [0.3, 0.4) is 0 Å². The van der Waals surface area contributed by atoms with Gasteiger partial charge in [0.25, 0.3) is 0 Å². The summed E-state index contributed by atoms with van der Waals surface area (Å²) in [6.45, 7) is 0. The monoisotopic (exact) mass is 236 g/mol. The smallest absolute Gasteiger partial charge is 0.0906 e. The van der Waals surface area contributed by atoms with Crippen molar-refractivity contribution in [1.82, 2.24) is 0 Å². The standard InChI is InChI=1S/C17H16O/c1-2-7-13-12(6-1)16-14-8-10-4-3-5-11(10)9-15(14)17(13)18-16/h1-2,6-9,14-17H,3-5H2/t14-,15+,16+,17-. The van der Waals surface area contributed by atoms with Gasteiger partial charge in [-0.15, -0.1) is 0 Å². The van der Waals surface area contributed by atoms with Crippen LogP contribution in [0.15, 0.2) is 47.6 Å². The quantitative estimate of drug-likeness (QED) is 0.659. The van der Waals surface area contributed by atoms with Crippen molar-refractivity contribution in [3.63, 3.8) is 0 Å². The fraction of sp³-hybridized carbons (Fsp3) is 0.412. The van der Waals surface area contributed by atoms with E-state index in [9.17, 15) is 0 Å².